The summed E-state index contributed by atoms with van der Waals surface area (Å²) < 4.78 is 34.9. The number of hydrogen-bond donors (Lipinski definition) is 13. The number of aliphatic hydroxyl groups excluding tert-OH is 7. The fraction of sp³-hybridized carbons (Fsp3) is 0.960. The van der Waals surface area contributed by atoms with Crippen molar-refractivity contribution in [2.75, 3.05) is 19.7 Å². The van der Waals surface area contributed by atoms with Crippen molar-refractivity contribution < 1.29 is 69.0 Å². The molecule has 0 spiro atoms. The third kappa shape index (κ3) is 7.74. The molecular formula is C25H48N6O14. The molecule has 4 rings (SSSR count). The zero-order valence-corrected chi connectivity index (χ0v) is 24.7. The van der Waals surface area contributed by atoms with E-state index in [2.05, 4.69) is 5.32 Å². The number of nitrogens with two attached hydrogens (primary N) is 5. The van der Waals surface area contributed by atoms with Crippen molar-refractivity contribution in [3.8, 4) is 0 Å². The molecule has 0 aromatic rings. The van der Waals surface area contributed by atoms with Crippen LogP contribution in [-0.2, 0) is 33.2 Å². The molecular weight excluding hydrogens is 608 g/mol. The van der Waals surface area contributed by atoms with Gasteiger partial charge in [-0.05, 0) is 6.42 Å². The molecule has 7 unspecified atom stereocenters. The first-order valence-corrected chi connectivity index (χ1v) is 14.8. The highest BCUT2D eigenvalue weighted by atomic mass is 16.8. The molecule has 20 heteroatoms. The summed E-state index contributed by atoms with van der Waals surface area (Å²) in [5, 5.41) is 76.1. The molecule has 3 saturated heterocycles. The van der Waals surface area contributed by atoms with Crippen molar-refractivity contribution in [1.82, 2.24) is 5.32 Å². The zero-order chi connectivity index (χ0) is 33.3. The summed E-state index contributed by atoms with van der Waals surface area (Å²) in [6.45, 7) is 0.223. The van der Waals surface area contributed by atoms with Crippen LogP contribution >= 0.6 is 0 Å². The average molecular weight is 657 g/mol. The Morgan fingerprint density at radius 1 is 0.689 bits per heavy atom. The monoisotopic (exact) mass is 656 g/mol. The van der Waals surface area contributed by atoms with Crippen molar-refractivity contribution >= 4 is 5.91 Å². The maximum Gasteiger partial charge on any atom is 0.216 e. The summed E-state index contributed by atoms with van der Waals surface area (Å²) in [5.74, 6) is -0.413. The molecule has 3 aliphatic heterocycles. The number of carbonyl (C=O) groups is 1. The van der Waals surface area contributed by atoms with Crippen molar-refractivity contribution in [3.05, 3.63) is 0 Å². The zero-order valence-electron chi connectivity index (χ0n) is 24.7. The van der Waals surface area contributed by atoms with E-state index < -0.39 is 129 Å². The average Bonchev–Trinajstić information content (AvgIpc) is 3.30. The number of carbonyl (C=O) groups excluding carboxylic acids is 1. The molecule has 0 aromatic carbocycles. The van der Waals surface area contributed by atoms with Gasteiger partial charge in [-0.1, -0.05) is 0 Å². The second kappa shape index (κ2) is 15.3. The minimum atomic E-state index is -1.65. The maximum atomic E-state index is 11.4. The maximum absolute atomic E-state index is 11.4. The number of aliphatic hydroxyl groups is 7. The number of amides is 1. The fourth-order valence-electron chi connectivity index (χ4n) is 5.96. The van der Waals surface area contributed by atoms with Gasteiger partial charge in [0.25, 0.3) is 0 Å². The topological polar surface area (TPSA) is 356 Å². The Balaban J connectivity index is 1.49. The summed E-state index contributed by atoms with van der Waals surface area (Å²) in [6.07, 6.45) is -20.5. The van der Waals surface area contributed by atoms with Crippen molar-refractivity contribution in [2.24, 2.45) is 28.7 Å². The summed E-state index contributed by atoms with van der Waals surface area (Å²) in [4.78, 5) is 11.4. The normalized spacial score (nSPS) is 50.8. The molecule has 19 atom stereocenters. The van der Waals surface area contributed by atoms with Crippen LogP contribution in [0.1, 0.15) is 13.3 Å². The fourth-order valence-corrected chi connectivity index (χ4v) is 5.96. The number of hydrogen-bond acceptors (Lipinski definition) is 19. The Labute approximate surface area is 258 Å². The quantitative estimate of drug-likeness (QED) is 0.104. The Kier molecular flexibility index (Phi) is 12.5. The van der Waals surface area contributed by atoms with Crippen LogP contribution in [0.3, 0.4) is 0 Å². The van der Waals surface area contributed by atoms with E-state index in [1.165, 1.54) is 6.92 Å². The minimum absolute atomic E-state index is 0.0724. The first-order valence-electron chi connectivity index (χ1n) is 14.8. The lowest BCUT2D eigenvalue weighted by Gasteiger charge is -2.47. The third-order valence-electron chi connectivity index (χ3n) is 8.69. The van der Waals surface area contributed by atoms with Gasteiger partial charge in [0.05, 0.1) is 24.8 Å². The highest BCUT2D eigenvalue weighted by Gasteiger charge is 2.54. The highest BCUT2D eigenvalue weighted by molar-refractivity contribution is 5.72. The van der Waals surface area contributed by atoms with E-state index in [0.717, 1.165) is 0 Å². The number of rotatable bonds is 10. The van der Waals surface area contributed by atoms with Crippen LogP contribution in [0.4, 0.5) is 0 Å². The SMILES string of the molecule is CC(=O)NCC1O[C@H](O[C@@H]2C(O)[C@H](O[C@@H]3C(O)[C@H](N)CC(N)[C@H]3O[C@H]3OC(CN)[C@@H](O)[C@H](O)C3N)O[C@@H]2CO)C(N)[C@H](O)[C@@H]1O. The van der Waals surface area contributed by atoms with Gasteiger partial charge in [-0.2, -0.15) is 0 Å². The van der Waals surface area contributed by atoms with Gasteiger partial charge in [0.1, 0.15) is 67.1 Å². The van der Waals surface area contributed by atoms with Crippen LogP contribution < -0.4 is 34.0 Å². The van der Waals surface area contributed by atoms with E-state index >= 15 is 0 Å². The summed E-state index contributed by atoms with van der Waals surface area (Å²) in [6, 6.07) is -4.31. The molecule has 1 aliphatic carbocycles. The van der Waals surface area contributed by atoms with Crippen molar-refractivity contribution in [3.63, 3.8) is 0 Å². The van der Waals surface area contributed by atoms with E-state index in [-0.39, 0.29) is 19.5 Å². The second-order valence-corrected chi connectivity index (χ2v) is 11.9. The molecule has 45 heavy (non-hydrogen) atoms. The predicted molar refractivity (Wildman–Crippen MR) is 148 cm³/mol. The molecule has 1 amide bonds. The van der Waals surface area contributed by atoms with Crippen molar-refractivity contribution in [2.45, 2.75) is 130 Å². The lowest BCUT2D eigenvalue weighted by atomic mass is 9.84. The van der Waals surface area contributed by atoms with Crippen LogP contribution in [0, 0.1) is 0 Å². The van der Waals surface area contributed by atoms with Gasteiger partial charge in [-0.15, -0.1) is 0 Å². The highest BCUT2D eigenvalue weighted by Crippen LogP contribution is 2.34. The van der Waals surface area contributed by atoms with E-state index in [4.69, 9.17) is 57.1 Å². The van der Waals surface area contributed by atoms with Gasteiger partial charge in [-0.3, -0.25) is 4.79 Å². The molecule has 0 aromatic heterocycles. The third-order valence-corrected chi connectivity index (χ3v) is 8.69. The summed E-state index contributed by atoms with van der Waals surface area (Å²) in [7, 11) is 0. The molecule has 0 radical (unpaired) electrons. The first-order chi connectivity index (χ1) is 21.2. The number of nitrogens with one attached hydrogen (secondary N) is 1. The molecule has 0 bridgehead atoms. The smallest absolute Gasteiger partial charge is 0.216 e. The van der Waals surface area contributed by atoms with E-state index in [1.54, 1.807) is 0 Å². The van der Waals surface area contributed by atoms with Gasteiger partial charge < -0.3 is 98.2 Å². The van der Waals surface area contributed by atoms with Crippen LogP contribution in [0.2, 0.25) is 0 Å². The Morgan fingerprint density at radius 3 is 1.76 bits per heavy atom. The predicted octanol–water partition coefficient (Wildman–Crippen LogP) is -8.72. The molecule has 4 aliphatic rings. The lowest BCUT2D eigenvalue weighted by Crippen LogP contribution is -2.68. The van der Waals surface area contributed by atoms with E-state index in [1.807, 2.05) is 0 Å². The van der Waals surface area contributed by atoms with Gasteiger partial charge in [0.2, 0.25) is 5.91 Å². The van der Waals surface area contributed by atoms with Crippen LogP contribution in [0.15, 0.2) is 0 Å². The van der Waals surface area contributed by atoms with E-state index in [9.17, 15) is 40.5 Å². The standard InChI is InChI=1S/C25H48N6O14/c1-6(33)31-4-10-16(36)18(38)13(30)24(41-10)44-21-11(5-32)42-25(19(21)39)45-22-14(34)7(27)2-8(28)20(22)43-23-12(29)17(37)15(35)9(3-26)40-23/h7-25,32,34-39H,2-5,26-30H2,1H3,(H,31,33)/t7-,8?,9?,10?,11-,12?,13?,14?,15-,16-,17-,18+,19?,20-,21+,22-,23-,24-,25+/m1/s1. The van der Waals surface area contributed by atoms with Crippen LogP contribution in [-0.4, -0.2) is 178 Å². The minimum Gasteiger partial charge on any atom is -0.394 e. The Hall–Kier alpha value is -1.25. The molecule has 4 fully saturated rings. The van der Waals surface area contributed by atoms with Gasteiger partial charge in [-0.25, -0.2) is 0 Å². The lowest BCUT2D eigenvalue weighted by molar-refractivity contribution is -0.306. The van der Waals surface area contributed by atoms with E-state index in [0.29, 0.717) is 0 Å². The summed E-state index contributed by atoms with van der Waals surface area (Å²) >= 11 is 0. The van der Waals surface area contributed by atoms with Gasteiger partial charge in [0.15, 0.2) is 18.9 Å². The second-order valence-electron chi connectivity index (χ2n) is 11.9. The van der Waals surface area contributed by atoms with Crippen LogP contribution in [0.25, 0.3) is 0 Å². The van der Waals surface area contributed by atoms with Gasteiger partial charge in [0, 0.05) is 32.1 Å². The first kappa shape index (κ1) is 36.6. The summed E-state index contributed by atoms with van der Waals surface area (Å²) in [5.41, 5.74) is 30.1. The Bertz CT molecular complexity index is 975. The van der Waals surface area contributed by atoms with Gasteiger partial charge >= 0.3 is 0 Å². The Morgan fingerprint density at radius 2 is 1.20 bits per heavy atom. The van der Waals surface area contributed by atoms with Crippen molar-refractivity contribution in [1.29, 1.82) is 0 Å². The molecule has 262 valence electrons. The van der Waals surface area contributed by atoms with Crippen LogP contribution in [0.5, 0.6) is 0 Å². The molecule has 18 N–H and O–H groups in total. The molecule has 3 heterocycles. The molecule has 20 nitrogen and oxygen atoms in total. The largest absolute Gasteiger partial charge is 0.394 e. The molecule has 1 saturated carbocycles. The number of ether oxygens (including phenoxy) is 6.